The van der Waals surface area contributed by atoms with Crippen LogP contribution in [-0.4, -0.2) is 34.6 Å². The molecule has 0 radical (unpaired) electrons. The van der Waals surface area contributed by atoms with E-state index in [1.165, 1.54) is 0 Å². The maximum atomic E-state index is 9.07. The molecule has 1 fully saturated rings. The fourth-order valence-corrected chi connectivity index (χ4v) is 1.76. The molecule has 2 unspecified atom stereocenters. The zero-order chi connectivity index (χ0) is 9.24. The first-order valence-electron chi connectivity index (χ1n) is 4.45. The highest BCUT2D eigenvalue weighted by molar-refractivity contribution is 4.88. The topological polar surface area (TPSA) is 49.7 Å². The average molecular weight is 174 g/mol. The molecular weight excluding hydrogens is 156 g/mol. The molecule has 0 amide bonds. The minimum atomic E-state index is -0.449. The molecule has 12 heavy (non-hydrogen) atoms. The first kappa shape index (κ1) is 9.96. The minimum Gasteiger partial charge on any atom is -0.393 e. The van der Waals surface area contributed by atoms with Crippen molar-refractivity contribution in [2.75, 3.05) is 13.2 Å². The fraction of sp³-hybridized carbons (Fsp3) is 1.00. The lowest BCUT2D eigenvalue weighted by Gasteiger charge is -2.43. The van der Waals surface area contributed by atoms with Crippen LogP contribution in [-0.2, 0) is 4.74 Å². The molecule has 0 aromatic carbocycles. The summed E-state index contributed by atoms with van der Waals surface area (Å²) in [5.74, 6) is 0. The number of rotatable bonds is 2. The van der Waals surface area contributed by atoms with Gasteiger partial charge in [0.05, 0.1) is 24.4 Å². The zero-order valence-electron chi connectivity index (χ0n) is 7.84. The Morgan fingerprint density at radius 1 is 1.08 bits per heavy atom. The first-order valence-corrected chi connectivity index (χ1v) is 4.45. The average Bonchev–Trinajstić information content (AvgIpc) is 2.05. The SMILES string of the molecule is CC1(CO)CCCC(C)(CO)O1. The van der Waals surface area contributed by atoms with Gasteiger partial charge in [-0.1, -0.05) is 0 Å². The maximum Gasteiger partial charge on any atom is 0.0892 e. The molecule has 0 aromatic heterocycles. The molecule has 2 atom stereocenters. The Balaban J connectivity index is 2.62. The maximum absolute atomic E-state index is 9.07. The summed E-state index contributed by atoms with van der Waals surface area (Å²) in [4.78, 5) is 0. The standard InChI is InChI=1S/C9H18O3/c1-8(6-10)4-3-5-9(2,7-11)12-8/h10-11H,3-7H2,1-2H3. The van der Waals surface area contributed by atoms with Gasteiger partial charge in [-0.15, -0.1) is 0 Å². The fourth-order valence-electron chi connectivity index (χ4n) is 1.76. The van der Waals surface area contributed by atoms with Gasteiger partial charge >= 0.3 is 0 Å². The van der Waals surface area contributed by atoms with Crippen LogP contribution in [0.25, 0.3) is 0 Å². The predicted molar refractivity (Wildman–Crippen MR) is 45.9 cm³/mol. The van der Waals surface area contributed by atoms with Gasteiger partial charge in [0, 0.05) is 0 Å². The monoisotopic (exact) mass is 174 g/mol. The molecule has 0 bridgehead atoms. The molecule has 0 saturated carbocycles. The van der Waals surface area contributed by atoms with Crippen LogP contribution in [0.3, 0.4) is 0 Å². The molecule has 1 saturated heterocycles. The summed E-state index contributed by atoms with van der Waals surface area (Å²) < 4.78 is 5.66. The second-order valence-corrected chi connectivity index (χ2v) is 4.17. The van der Waals surface area contributed by atoms with Gasteiger partial charge in [0.1, 0.15) is 0 Å². The van der Waals surface area contributed by atoms with Crippen molar-refractivity contribution in [3.8, 4) is 0 Å². The Bertz CT molecular complexity index is 144. The Morgan fingerprint density at radius 3 is 1.83 bits per heavy atom. The molecule has 1 aliphatic heterocycles. The highest BCUT2D eigenvalue weighted by Gasteiger charge is 2.39. The van der Waals surface area contributed by atoms with Crippen LogP contribution >= 0.6 is 0 Å². The number of aliphatic hydroxyl groups is 2. The van der Waals surface area contributed by atoms with E-state index in [1.54, 1.807) is 0 Å². The van der Waals surface area contributed by atoms with Gasteiger partial charge < -0.3 is 14.9 Å². The third-order valence-electron chi connectivity index (χ3n) is 2.57. The highest BCUT2D eigenvalue weighted by atomic mass is 16.5. The number of aliphatic hydroxyl groups excluding tert-OH is 2. The summed E-state index contributed by atoms with van der Waals surface area (Å²) in [5.41, 5.74) is -0.897. The lowest BCUT2D eigenvalue weighted by molar-refractivity contribution is -0.202. The van der Waals surface area contributed by atoms with E-state index in [9.17, 15) is 0 Å². The van der Waals surface area contributed by atoms with Crippen molar-refractivity contribution in [1.82, 2.24) is 0 Å². The summed E-state index contributed by atoms with van der Waals surface area (Å²) >= 11 is 0. The van der Waals surface area contributed by atoms with Gasteiger partial charge in [0.15, 0.2) is 0 Å². The molecule has 0 aromatic rings. The van der Waals surface area contributed by atoms with Crippen molar-refractivity contribution < 1.29 is 14.9 Å². The smallest absolute Gasteiger partial charge is 0.0892 e. The van der Waals surface area contributed by atoms with E-state index >= 15 is 0 Å². The Kier molecular flexibility index (Phi) is 2.76. The van der Waals surface area contributed by atoms with Crippen LogP contribution in [0.15, 0.2) is 0 Å². The second kappa shape index (κ2) is 3.32. The quantitative estimate of drug-likeness (QED) is 0.647. The van der Waals surface area contributed by atoms with Crippen molar-refractivity contribution in [2.45, 2.75) is 44.3 Å². The zero-order valence-corrected chi connectivity index (χ0v) is 7.84. The van der Waals surface area contributed by atoms with E-state index in [4.69, 9.17) is 14.9 Å². The van der Waals surface area contributed by atoms with Crippen molar-refractivity contribution in [2.24, 2.45) is 0 Å². The van der Waals surface area contributed by atoms with Crippen LogP contribution in [0.5, 0.6) is 0 Å². The first-order chi connectivity index (χ1) is 5.54. The van der Waals surface area contributed by atoms with Gasteiger partial charge in [-0.2, -0.15) is 0 Å². The van der Waals surface area contributed by atoms with Crippen molar-refractivity contribution in [3.05, 3.63) is 0 Å². The van der Waals surface area contributed by atoms with Gasteiger partial charge in [-0.3, -0.25) is 0 Å². The summed E-state index contributed by atoms with van der Waals surface area (Å²) in [6.07, 6.45) is 2.76. The number of hydrogen-bond donors (Lipinski definition) is 2. The second-order valence-electron chi connectivity index (χ2n) is 4.17. The number of ether oxygens (including phenoxy) is 1. The summed E-state index contributed by atoms with van der Waals surface area (Å²) in [5, 5.41) is 18.1. The van der Waals surface area contributed by atoms with Gasteiger partial charge in [-0.25, -0.2) is 0 Å². The van der Waals surface area contributed by atoms with Crippen LogP contribution in [0.1, 0.15) is 33.1 Å². The molecule has 72 valence electrons. The van der Waals surface area contributed by atoms with Crippen LogP contribution in [0.4, 0.5) is 0 Å². The lowest BCUT2D eigenvalue weighted by Crippen LogP contribution is -2.49. The lowest BCUT2D eigenvalue weighted by atomic mass is 9.88. The summed E-state index contributed by atoms with van der Waals surface area (Å²) in [6, 6.07) is 0. The van der Waals surface area contributed by atoms with E-state index in [2.05, 4.69) is 0 Å². The molecule has 1 aliphatic rings. The van der Waals surface area contributed by atoms with Gasteiger partial charge in [0.25, 0.3) is 0 Å². The van der Waals surface area contributed by atoms with Gasteiger partial charge in [0.2, 0.25) is 0 Å². The van der Waals surface area contributed by atoms with E-state index in [0.29, 0.717) is 0 Å². The number of hydrogen-bond acceptors (Lipinski definition) is 3. The van der Waals surface area contributed by atoms with Crippen LogP contribution in [0, 0.1) is 0 Å². The van der Waals surface area contributed by atoms with E-state index in [-0.39, 0.29) is 13.2 Å². The molecule has 3 heteroatoms. The largest absolute Gasteiger partial charge is 0.393 e. The van der Waals surface area contributed by atoms with Crippen molar-refractivity contribution in [1.29, 1.82) is 0 Å². The third kappa shape index (κ3) is 1.97. The Hall–Kier alpha value is -0.120. The minimum absolute atomic E-state index is 0.0303. The normalized spacial score (nSPS) is 43.0. The molecule has 1 rings (SSSR count). The summed E-state index contributed by atoms with van der Waals surface area (Å²) in [6.45, 7) is 3.84. The molecular formula is C9H18O3. The van der Waals surface area contributed by atoms with Crippen LogP contribution in [0.2, 0.25) is 0 Å². The van der Waals surface area contributed by atoms with Crippen molar-refractivity contribution in [3.63, 3.8) is 0 Å². The predicted octanol–water partition coefficient (Wildman–Crippen LogP) is 0.689. The Morgan fingerprint density at radius 2 is 1.50 bits per heavy atom. The molecule has 3 nitrogen and oxygen atoms in total. The van der Waals surface area contributed by atoms with E-state index in [1.807, 2.05) is 13.8 Å². The molecule has 1 heterocycles. The van der Waals surface area contributed by atoms with Crippen molar-refractivity contribution >= 4 is 0 Å². The van der Waals surface area contributed by atoms with Crippen LogP contribution < -0.4 is 0 Å². The highest BCUT2D eigenvalue weighted by Crippen LogP contribution is 2.34. The Labute approximate surface area is 73.4 Å². The molecule has 0 aliphatic carbocycles. The molecule has 0 spiro atoms. The van der Waals surface area contributed by atoms with Gasteiger partial charge in [-0.05, 0) is 33.1 Å². The van der Waals surface area contributed by atoms with E-state index in [0.717, 1.165) is 19.3 Å². The third-order valence-corrected chi connectivity index (χ3v) is 2.57. The summed E-state index contributed by atoms with van der Waals surface area (Å²) in [7, 11) is 0. The van der Waals surface area contributed by atoms with E-state index < -0.39 is 11.2 Å². The molecule has 2 N–H and O–H groups in total.